The molecule has 1 heterocycles. The van der Waals surface area contributed by atoms with Crippen molar-refractivity contribution in [2.45, 2.75) is 58.1 Å². The van der Waals surface area contributed by atoms with E-state index in [0.29, 0.717) is 6.04 Å². The van der Waals surface area contributed by atoms with E-state index < -0.39 is 0 Å². The number of aliphatic hydroxyl groups is 1. The lowest BCUT2D eigenvalue weighted by Crippen LogP contribution is -2.61. The standard InChI is InChI=1S/C13H25NO/c1-9(2)11-7-13(15,8-11)12-6-10(3)4-5-14-12/h9-12,14-15H,4-8H2,1-3H3. The second-order valence-corrected chi connectivity index (χ2v) is 6.15. The van der Waals surface area contributed by atoms with Gasteiger partial charge in [0.15, 0.2) is 0 Å². The Balaban J connectivity index is 1.89. The molecule has 2 aliphatic rings. The summed E-state index contributed by atoms with van der Waals surface area (Å²) in [4.78, 5) is 0. The van der Waals surface area contributed by atoms with Crippen LogP contribution in [0.25, 0.3) is 0 Å². The van der Waals surface area contributed by atoms with Gasteiger partial charge in [-0.2, -0.15) is 0 Å². The van der Waals surface area contributed by atoms with E-state index in [-0.39, 0.29) is 5.60 Å². The van der Waals surface area contributed by atoms with Gasteiger partial charge in [0.2, 0.25) is 0 Å². The van der Waals surface area contributed by atoms with E-state index >= 15 is 0 Å². The van der Waals surface area contributed by atoms with Crippen LogP contribution < -0.4 is 5.32 Å². The summed E-state index contributed by atoms with van der Waals surface area (Å²) >= 11 is 0. The lowest BCUT2D eigenvalue weighted by molar-refractivity contribution is -0.120. The summed E-state index contributed by atoms with van der Waals surface area (Å²) in [5, 5.41) is 14.0. The first-order valence-corrected chi connectivity index (χ1v) is 6.47. The average molecular weight is 211 g/mol. The Hall–Kier alpha value is -0.0800. The van der Waals surface area contributed by atoms with Crippen LogP contribution in [0.3, 0.4) is 0 Å². The van der Waals surface area contributed by atoms with Crippen molar-refractivity contribution in [2.24, 2.45) is 17.8 Å². The topological polar surface area (TPSA) is 32.3 Å². The highest BCUT2D eigenvalue weighted by Gasteiger charge is 2.49. The van der Waals surface area contributed by atoms with Crippen LogP contribution in [0.15, 0.2) is 0 Å². The van der Waals surface area contributed by atoms with Gasteiger partial charge in [0.1, 0.15) is 0 Å². The average Bonchev–Trinajstić information content (AvgIpc) is 2.12. The molecule has 2 rings (SSSR count). The molecule has 0 aromatic heterocycles. The summed E-state index contributed by atoms with van der Waals surface area (Å²) in [5.41, 5.74) is -0.385. The van der Waals surface area contributed by atoms with Crippen molar-refractivity contribution in [3.8, 4) is 0 Å². The van der Waals surface area contributed by atoms with Crippen molar-refractivity contribution >= 4 is 0 Å². The van der Waals surface area contributed by atoms with Crippen molar-refractivity contribution in [2.75, 3.05) is 6.54 Å². The molecule has 2 fully saturated rings. The Bertz CT molecular complexity index is 221. The minimum Gasteiger partial charge on any atom is -0.388 e. The minimum atomic E-state index is -0.385. The molecule has 88 valence electrons. The quantitative estimate of drug-likeness (QED) is 0.733. The van der Waals surface area contributed by atoms with Crippen LogP contribution >= 0.6 is 0 Å². The maximum atomic E-state index is 10.5. The zero-order valence-electron chi connectivity index (χ0n) is 10.3. The van der Waals surface area contributed by atoms with Crippen LogP contribution in [0.2, 0.25) is 0 Å². The van der Waals surface area contributed by atoms with E-state index in [0.717, 1.165) is 43.6 Å². The molecule has 0 spiro atoms. The monoisotopic (exact) mass is 211 g/mol. The molecule has 15 heavy (non-hydrogen) atoms. The van der Waals surface area contributed by atoms with E-state index in [1.807, 2.05) is 0 Å². The molecule has 1 saturated heterocycles. The third kappa shape index (κ3) is 2.21. The first-order chi connectivity index (χ1) is 7.01. The van der Waals surface area contributed by atoms with E-state index in [2.05, 4.69) is 26.1 Å². The zero-order chi connectivity index (χ0) is 11.1. The summed E-state index contributed by atoms with van der Waals surface area (Å²) in [6.45, 7) is 7.92. The van der Waals surface area contributed by atoms with Gasteiger partial charge in [-0.3, -0.25) is 0 Å². The molecule has 1 saturated carbocycles. The molecule has 2 heteroatoms. The van der Waals surface area contributed by atoms with Gasteiger partial charge in [-0.1, -0.05) is 20.8 Å². The summed E-state index contributed by atoms with van der Waals surface area (Å²) < 4.78 is 0. The van der Waals surface area contributed by atoms with E-state index in [1.165, 1.54) is 6.42 Å². The number of hydrogen-bond acceptors (Lipinski definition) is 2. The molecule has 1 aliphatic carbocycles. The largest absolute Gasteiger partial charge is 0.388 e. The van der Waals surface area contributed by atoms with Crippen LogP contribution in [-0.4, -0.2) is 23.3 Å². The van der Waals surface area contributed by atoms with Gasteiger partial charge >= 0.3 is 0 Å². The Morgan fingerprint density at radius 1 is 1.33 bits per heavy atom. The smallest absolute Gasteiger partial charge is 0.0805 e. The molecule has 0 bridgehead atoms. The summed E-state index contributed by atoms with van der Waals surface area (Å²) in [6, 6.07) is 0.358. The van der Waals surface area contributed by atoms with Crippen LogP contribution in [0.1, 0.15) is 46.5 Å². The third-order valence-electron chi connectivity index (χ3n) is 4.49. The normalized spacial score (nSPS) is 46.6. The summed E-state index contributed by atoms with van der Waals surface area (Å²) in [5.74, 6) is 2.25. The second kappa shape index (κ2) is 4.06. The Morgan fingerprint density at radius 3 is 2.53 bits per heavy atom. The maximum Gasteiger partial charge on any atom is 0.0805 e. The summed E-state index contributed by atoms with van der Waals surface area (Å²) in [6.07, 6.45) is 4.44. The highest BCUT2D eigenvalue weighted by Crippen LogP contribution is 2.46. The number of nitrogens with one attached hydrogen (secondary N) is 1. The number of hydrogen-bond donors (Lipinski definition) is 2. The second-order valence-electron chi connectivity index (χ2n) is 6.15. The van der Waals surface area contributed by atoms with Gasteiger partial charge in [0.05, 0.1) is 5.60 Å². The number of piperidine rings is 1. The van der Waals surface area contributed by atoms with Gasteiger partial charge in [-0.05, 0) is 50.0 Å². The van der Waals surface area contributed by atoms with Crippen molar-refractivity contribution in [3.63, 3.8) is 0 Å². The molecule has 0 radical (unpaired) electrons. The first-order valence-electron chi connectivity index (χ1n) is 6.47. The van der Waals surface area contributed by atoms with Gasteiger partial charge in [-0.25, -0.2) is 0 Å². The SMILES string of the molecule is CC1CCNC(C2(O)CC(C(C)C)C2)C1. The lowest BCUT2D eigenvalue weighted by atomic mass is 9.61. The van der Waals surface area contributed by atoms with E-state index in [9.17, 15) is 5.11 Å². The lowest BCUT2D eigenvalue weighted by Gasteiger charge is -2.52. The molecule has 0 aromatic carbocycles. The van der Waals surface area contributed by atoms with Gasteiger partial charge in [0, 0.05) is 6.04 Å². The molecule has 2 N–H and O–H groups in total. The molecule has 2 unspecified atom stereocenters. The Labute approximate surface area is 93.5 Å². The molecule has 0 aromatic rings. The van der Waals surface area contributed by atoms with Crippen molar-refractivity contribution in [3.05, 3.63) is 0 Å². The van der Waals surface area contributed by atoms with Crippen molar-refractivity contribution in [1.29, 1.82) is 0 Å². The van der Waals surface area contributed by atoms with Gasteiger partial charge in [-0.15, -0.1) is 0 Å². The Morgan fingerprint density at radius 2 is 2.00 bits per heavy atom. The van der Waals surface area contributed by atoms with Crippen LogP contribution in [-0.2, 0) is 0 Å². The first kappa shape index (κ1) is 11.4. The highest BCUT2D eigenvalue weighted by atomic mass is 16.3. The molecule has 2 nitrogen and oxygen atoms in total. The van der Waals surface area contributed by atoms with E-state index in [4.69, 9.17) is 0 Å². The Kier molecular flexibility index (Phi) is 3.09. The van der Waals surface area contributed by atoms with Crippen molar-refractivity contribution in [1.82, 2.24) is 5.32 Å². The van der Waals surface area contributed by atoms with Gasteiger partial charge < -0.3 is 10.4 Å². The third-order valence-corrected chi connectivity index (χ3v) is 4.49. The van der Waals surface area contributed by atoms with Crippen LogP contribution in [0.5, 0.6) is 0 Å². The fourth-order valence-corrected chi connectivity index (χ4v) is 3.12. The molecule has 2 atom stereocenters. The fourth-order valence-electron chi connectivity index (χ4n) is 3.12. The highest BCUT2D eigenvalue weighted by molar-refractivity contribution is 5.04. The molecule has 1 aliphatic heterocycles. The fraction of sp³-hybridized carbons (Fsp3) is 1.00. The molecular weight excluding hydrogens is 186 g/mol. The van der Waals surface area contributed by atoms with Crippen molar-refractivity contribution < 1.29 is 5.11 Å². The van der Waals surface area contributed by atoms with Gasteiger partial charge in [0.25, 0.3) is 0 Å². The zero-order valence-corrected chi connectivity index (χ0v) is 10.3. The summed E-state index contributed by atoms with van der Waals surface area (Å²) in [7, 11) is 0. The van der Waals surface area contributed by atoms with Crippen LogP contribution in [0, 0.1) is 17.8 Å². The van der Waals surface area contributed by atoms with E-state index in [1.54, 1.807) is 0 Å². The number of rotatable bonds is 2. The van der Waals surface area contributed by atoms with Crippen LogP contribution in [0.4, 0.5) is 0 Å². The predicted molar refractivity (Wildman–Crippen MR) is 62.7 cm³/mol. The molecule has 0 amide bonds. The minimum absolute atomic E-state index is 0.358. The molecular formula is C13H25NO. The predicted octanol–water partition coefficient (Wildman–Crippen LogP) is 2.17. The maximum absolute atomic E-state index is 10.5.